The van der Waals surface area contributed by atoms with Crippen LogP contribution >= 0.6 is 11.8 Å². The lowest BCUT2D eigenvalue weighted by molar-refractivity contribution is -0.139. The number of hydrogen-bond donors (Lipinski definition) is 4. The molecule has 0 radical (unpaired) electrons. The van der Waals surface area contributed by atoms with Gasteiger partial charge in [-0.25, -0.2) is 14.6 Å². The van der Waals surface area contributed by atoms with E-state index in [1.165, 1.54) is 11.8 Å². The smallest absolute Gasteiger partial charge is 0.326 e. The largest absolute Gasteiger partial charge is 0.480 e. The van der Waals surface area contributed by atoms with Crippen LogP contribution in [0.2, 0.25) is 0 Å². The predicted octanol–water partition coefficient (Wildman–Crippen LogP) is 5.73. The van der Waals surface area contributed by atoms with Gasteiger partial charge in [0.25, 0.3) is 0 Å². The highest BCUT2D eigenvalue weighted by molar-refractivity contribution is 7.98. The van der Waals surface area contributed by atoms with Crippen LogP contribution in [0.3, 0.4) is 0 Å². The van der Waals surface area contributed by atoms with Gasteiger partial charge >= 0.3 is 12.0 Å². The first-order chi connectivity index (χ1) is 18.5. The Kier molecular flexibility index (Phi) is 7.65. The monoisotopic (exact) mass is 523 g/mol. The van der Waals surface area contributed by atoms with Crippen LogP contribution in [-0.4, -0.2) is 38.1 Å². The average Bonchev–Trinajstić information content (AvgIpc) is 3.36. The lowest BCUT2D eigenvalue weighted by atomic mass is 10.1. The minimum Gasteiger partial charge on any atom is -0.480 e. The lowest BCUT2D eigenvalue weighted by Gasteiger charge is -2.15. The van der Waals surface area contributed by atoms with Crippen molar-refractivity contribution < 1.29 is 14.7 Å². The SMILES string of the molecule is O=C(Nc1ccc(-c2ccccc2)cc1)NC(Cc1cccc(CSc2nc3ccccc3[nH]2)n1)C(=O)O. The van der Waals surface area contributed by atoms with Crippen molar-refractivity contribution in [2.45, 2.75) is 23.4 Å². The van der Waals surface area contributed by atoms with Crippen LogP contribution in [0.15, 0.2) is 102 Å². The summed E-state index contributed by atoms with van der Waals surface area (Å²) in [6.07, 6.45) is 0.0544. The Balaban J connectivity index is 1.18. The van der Waals surface area contributed by atoms with E-state index in [-0.39, 0.29) is 6.42 Å². The number of nitrogens with zero attached hydrogens (tertiary/aromatic N) is 2. The molecule has 38 heavy (non-hydrogen) atoms. The molecule has 0 spiro atoms. The van der Waals surface area contributed by atoms with E-state index >= 15 is 0 Å². The Hall–Kier alpha value is -4.63. The zero-order valence-corrected chi connectivity index (χ0v) is 21.1. The van der Waals surface area contributed by atoms with Crippen molar-refractivity contribution in [2.24, 2.45) is 0 Å². The second-order valence-corrected chi connectivity index (χ2v) is 9.57. The maximum atomic E-state index is 12.6. The van der Waals surface area contributed by atoms with Gasteiger partial charge in [0, 0.05) is 23.6 Å². The first-order valence-corrected chi connectivity index (χ1v) is 13.0. The van der Waals surface area contributed by atoms with Crippen LogP contribution in [0, 0.1) is 0 Å². The fourth-order valence-electron chi connectivity index (χ4n) is 3.97. The molecule has 190 valence electrons. The molecular weight excluding hydrogens is 498 g/mol. The molecular formula is C29H25N5O3S. The van der Waals surface area contributed by atoms with Crippen LogP contribution in [0.4, 0.5) is 10.5 Å². The number of carboxylic acids is 1. The summed E-state index contributed by atoms with van der Waals surface area (Å²) < 4.78 is 0. The molecule has 1 atom stereocenters. The number of thioether (sulfide) groups is 1. The third-order valence-corrected chi connectivity index (χ3v) is 6.76. The number of fused-ring (bicyclic) bond motifs is 1. The summed E-state index contributed by atoms with van der Waals surface area (Å²) in [5, 5.41) is 15.8. The number of carbonyl (C=O) groups is 2. The molecule has 1 unspecified atom stereocenters. The summed E-state index contributed by atoms with van der Waals surface area (Å²) in [6.45, 7) is 0. The molecule has 2 heterocycles. The average molecular weight is 524 g/mol. The van der Waals surface area contributed by atoms with Gasteiger partial charge in [0.2, 0.25) is 0 Å². The lowest BCUT2D eigenvalue weighted by Crippen LogP contribution is -2.44. The van der Waals surface area contributed by atoms with Gasteiger partial charge in [0.15, 0.2) is 5.16 Å². The number of anilines is 1. The van der Waals surface area contributed by atoms with Gasteiger partial charge in [-0.3, -0.25) is 4.98 Å². The van der Waals surface area contributed by atoms with E-state index in [0.29, 0.717) is 17.1 Å². The number of benzene rings is 3. The number of nitrogens with one attached hydrogen (secondary N) is 3. The van der Waals surface area contributed by atoms with Crippen molar-refractivity contribution in [1.29, 1.82) is 0 Å². The highest BCUT2D eigenvalue weighted by atomic mass is 32.2. The number of H-pyrrole nitrogens is 1. The van der Waals surface area contributed by atoms with Gasteiger partial charge in [-0.05, 0) is 47.5 Å². The van der Waals surface area contributed by atoms with Gasteiger partial charge in [0.05, 0.1) is 16.7 Å². The fourth-order valence-corrected chi connectivity index (χ4v) is 4.77. The number of urea groups is 1. The minimum atomic E-state index is -1.14. The van der Waals surface area contributed by atoms with Crippen molar-refractivity contribution in [3.05, 3.63) is 108 Å². The minimum absolute atomic E-state index is 0.0544. The first kappa shape index (κ1) is 25.0. The second kappa shape index (κ2) is 11.6. The van der Waals surface area contributed by atoms with E-state index < -0.39 is 18.0 Å². The first-order valence-electron chi connectivity index (χ1n) is 12.0. The van der Waals surface area contributed by atoms with Crippen LogP contribution in [0.5, 0.6) is 0 Å². The number of pyridine rings is 1. The summed E-state index contributed by atoms with van der Waals surface area (Å²) in [5.41, 5.74) is 5.89. The summed E-state index contributed by atoms with van der Waals surface area (Å²) in [7, 11) is 0. The quantitative estimate of drug-likeness (QED) is 0.183. The molecule has 0 aliphatic rings. The van der Waals surface area contributed by atoms with Crippen molar-refractivity contribution in [3.63, 3.8) is 0 Å². The van der Waals surface area contributed by atoms with Crippen LogP contribution in [0.25, 0.3) is 22.2 Å². The van der Waals surface area contributed by atoms with Crippen molar-refractivity contribution in [1.82, 2.24) is 20.3 Å². The van der Waals surface area contributed by atoms with Crippen LogP contribution < -0.4 is 10.6 Å². The maximum absolute atomic E-state index is 12.6. The third kappa shape index (κ3) is 6.37. The zero-order valence-electron chi connectivity index (χ0n) is 20.3. The number of aromatic nitrogens is 3. The third-order valence-electron chi connectivity index (χ3n) is 5.86. The second-order valence-electron chi connectivity index (χ2n) is 8.60. The van der Waals surface area contributed by atoms with E-state index in [1.807, 2.05) is 78.9 Å². The summed E-state index contributed by atoms with van der Waals surface area (Å²) in [4.78, 5) is 36.9. The molecule has 0 fully saturated rings. The Labute approximate surface area is 223 Å². The Morgan fingerprint density at radius 1 is 0.816 bits per heavy atom. The number of aliphatic carboxylic acids is 1. The van der Waals surface area contributed by atoms with Crippen molar-refractivity contribution in [2.75, 3.05) is 5.32 Å². The Morgan fingerprint density at radius 3 is 2.29 bits per heavy atom. The van der Waals surface area contributed by atoms with Gasteiger partial charge in [-0.1, -0.05) is 72.4 Å². The molecule has 0 saturated carbocycles. The number of aromatic amines is 1. The molecule has 9 heteroatoms. The van der Waals surface area contributed by atoms with Crippen LogP contribution in [-0.2, 0) is 17.0 Å². The molecule has 3 aromatic carbocycles. The van der Waals surface area contributed by atoms with E-state index in [0.717, 1.165) is 33.0 Å². The van der Waals surface area contributed by atoms with E-state index in [4.69, 9.17) is 0 Å². The van der Waals surface area contributed by atoms with Crippen LogP contribution in [0.1, 0.15) is 11.4 Å². The molecule has 5 rings (SSSR count). The molecule has 0 saturated heterocycles. The fraction of sp³-hybridized carbons (Fsp3) is 0.103. The number of carbonyl (C=O) groups excluding carboxylic acids is 1. The number of hydrogen-bond acceptors (Lipinski definition) is 5. The maximum Gasteiger partial charge on any atom is 0.326 e. The molecule has 5 aromatic rings. The molecule has 0 aliphatic heterocycles. The Bertz CT molecular complexity index is 1520. The van der Waals surface area contributed by atoms with Gasteiger partial charge in [0.1, 0.15) is 6.04 Å². The van der Waals surface area contributed by atoms with Gasteiger partial charge in [-0.2, -0.15) is 0 Å². The number of carboxylic acid groups (broad SMARTS) is 1. The number of amides is 2. The molecule has 2 amide bonds. The molecule has 8 nitrogen and oxygen atoms in total. The topological polar surface area (TPSA) is 120 Å². The highest BCUT2D eigenvalue weighted by Crippen LogP contribution is 2.23. The number of imidazole rings is 1. The standard InChI is InChI=1S/C29H25N5O3S/c35-27(36)26(32-28(37)31-21-15-13-20(14-16-21)19-7-2-1-3-8-19)17-22-9-6-10-23(30-22)18-38-29-33-24-11-4-5-12-25(24)34-29/h1-16,26H,17-18H2,(H,33,34)(H,35,36)(H2,31,32,37). The van der Waals surface area contributed by atoms with Gasteiger partial charge in [-0.15, -0.1) is 0 Å². The summed E-state index contributed by atoms with van der Waals surface area (Å²) >= 11 is 1.52. The highest BCUT2D eigenvalue weighted by Gasteiger charge is 2.21. The number of para-hydroxylation sites is 2. The van der Waals surface area contributed by atoms with E-state index in [2.05, 4.69) is 25.6 Å². The van der Waals surface area contributed by atoms with Crippen molar-refractivity contribution >= 4 is 40.5 Å². The predicted molar refractivity (Wildman–Crippen MR) is 149 cm³/mol. The Morgan fingerprint density at radius 2 is 1.53 bits per heavy atom. The van der Waals surface area contributed by atoms with Crippen molar-refractivity contribution in [3.8, 4) is 11.1 Å². The molecule has 4 N–H and O–H groups in total. The van der Waals surface area contributed by atoms with Gasteiger partial charge < -0.3 is 20.7 Å². The number of rotatable bonds is 9. The zero-order chi connectivity index (χ0) is 26.3. The van der Waals surface area contributed by atoms with E-state index in [1.54, 1.807) is 18.2 Å². The van der Waals surface area contributed by atoms with E-state index in [9.17, 15) is 14.7 Å². The molecule has 0 aliphatic carbocycles. The summed E-state index contributed by atoms with van der Waals surface area (Å²) in [6, 6.07) is 28.8. The molecule has 0 bridgehead atoms. The molecule has 2 aromatic heterocycles. The summed E-state index contributed by atoms with van der Waals surface area (Å²) in [5.74, 6) is -0.568. The normalized spacial score (nSPS) is 11.7.